The number of nitrogens with two attached hydrogens (primary N) is 1. The average Bonchev–Trinajstić information content (AvgIpc) is 2.81. The average molecular weight is 460 g/mol. The quantitative estimate of drug-likeness (QED) is 0.250. The van der Waals surface area contributed by atoms with Crippen molar-refractivity contribution in [3.63, 3.8) is 0 Å². The van der Waals surface area contributed by atoms with E-state index in [1.54, 1.807) is 12.2 Å². The van der Waals surface area contributed by atoms with Crippen LogP contribution in [-0.2, 0) is 0 Å². The SMILES string of the molecule is C=C/C(C=N)=C\C(=C)C.CC.CCCN(CCC)c1cc(N)nc(OCCN(CC)CC)c1. The highest BCUT2D eigenvalue weighted by molar-refractivity contribution is 5.80. The molecule has 1 rings (SSSR count). The van der Waals surface area contributed by atoms with E-state index in [0.29, 0.717) is 18.3 Å². The van der Waals surface area contributed by atoms with Crippen LogP contribution in [0.25, 0.3) is 0 Å². The topological polar surface area (TPSA) is 78.5 Å². The van der Waals surface area contributed by atoms with Crippen LogP contribution < -0.4 is 15.4 Å². The Hall–Kier alpha value is -2.60. The molecule has 0 atom stereocenters. The van der Waals surface area contributed by atoms with Crippen molar-refractivity contribution in [3.05, 3.63) is 48.6 Å². The smallest absolute Gasteiger partial charge is 0.217 e. The maximum absolute atomic E-state index is 6.85. The van der Waals surface area contributed by atoms with Crippen molar-refractivity contribution in [1.82, 2.24) is 9.88 Å². The van der Waals surface area contributed by atoms with E-state index in [4.69, 9.17) is 15.9 Å². The summed E-state index contributed by atoms with van der Waals surface area (Å²) in [5.41, 5.74) is 8.78. The van der Waals surface area contributed by atoms with Crippen LogP contribution >= 0.6 is 0 Å². The molecular formula is C27H49N5O. The molecule has 1 aromatic heterocycles. The lowest BCUT2D eigenvalue weighted by Crippen LogP contribution is -2.28. The zero-order chi connectivity index (χ0) is 25.6. The molecule has 6 nitrogen and oxygen atoms in total. The van der Waals surface area contributed by atoms with Gasteiger partial charge in [-0.15, -0.1) is 0 Å². The van der Waals surface area contributed by atoms with Gasteiger partial charge in [0.25, 0.3) is 0 Å². The van der Waals surface area contributed by atoms with E-state index in [2.05, 4.69) is 55.6 Å². The molecule has 0 saturated heterocycles. The number of nitrogen functional groups attached to an aromatic ring is 1. The number of aromatic nitrogens is 1. The van der Waals surface area contributed by atoms with Gasteiger partial charge >= 0.3 is 0 Å². The summed E-state index contributed by atoms with van der Waals surface area (Å²) in [4.78, 5) is 8.96. The fourth-order valence-corrected chi connectivity index (χ4v) is 2.94. The number of ether oxygens (including phenoxy) is 1. The van der Waals surface area contributed by atoms with Crippen LogP contribution in [0.1, 0.15) is 61.3 Å². The van der Waals surface area contributed by atoms with Crippen LogP contribution in [0.5, 0.6) is 5.88 Å². The summed E-state index contributed by atoms with van der Waals surface area (Å²) < 4.78 is 5.81. The first kappa shape index (κ1) is 32.6. The summed E-state index contributed by atoms with van der Waals surface area (Å²) >= 11 is 0. The number of allylic oxidation sites excluding steroid dienone is 4. The maximum Gasteiger partial charge on any atom is 0.217 e. The third-order valence-corrected chi connectivity index (χ3v) is 4.53. The lowest BCUT2D eigenvalue weighted by Gasteiger charge is -2.24. The molecule has 0 fully saturated rings. The second-order valence-electron chi connectivity index (χ2n) is 7.29. The Morgan fingerprint density at radius 2 is 1.67 bits per heavy atom. The third kappa shape index (κ3) is 15.8. The first-order valence-electron chi connectivity index (χ1n) is 12.2. The molecule has 1 aromatic rings. The van der Waals surface area contributed by atoms with Gasteiger partial charge in [0.2, 0.25) is 5.88 Å². The molecule has 33 heavy (non-hydrogen) atoms. The number of rotatable bonds is 14. The highest BCUT2D eigenvalue weighted by Crippen LogP contribution is 2.23. The number of likely N-dealkylation sites (N-methyl/N-ethyl adjacent to an activating group) is 1. The minimum atomic E-state index is 0.521. The maximum atomic E-state index is 6.85. The van der Waals surface area contributed by atoms with Gasteiger partial charge in [-0.3, -0.25) is 0 Å². The first-order valence-corrected chi connectivity index (χ1v) is 12.2. The van der Waals surface area contributed by atoms with Gasteiger partial charge in [0.05, 0.1) is 0 Å². The molecule has 0 aromatic carbocycles. The number of hydrogen-bond acceptors (Lipinski definition) is 6. The molecule has 188 valence electrons. The van der Waals surface area contributed by atoms with Gasteiger partial charge in [0, 0.05) is 43.7 Å². The molecule has 0 radical (unpaired) electrons. The second-order valence-corrected chi connectivity index (χ2v) is 7.29. The summed E-state index contributed by atoms with van der Waals surface area (Å²) in [6.07, 6.45) is 6.91. The Labute approximate surface area is 203 Å². The molecule has 6 heteroatoms. The van der Waals surface area contributed by atoms with Crippen LogP contribution in [0.15, 0.2) is 48.6 Å². The Kier molecular flexibility index (Phi) is 21.0. The Balaban J connectivity index is 0. The number of nitrogens with one attached hydrogen (secondary N) is 1. The van der Waals surface area contributed by atoms with E-state index < -0.39 is 0 Å². The molecule has 0 amide bonds. The molecule has 0 aliphatic carbocycles. The molecule has 0 unspecified atom stereocenters. The van der Waals surface area contributed by atoms with Crippen LogP contribution in [0, 0.1) is 5.41 Å². The lowest BCUT2D eigenvalue weighted by molar-refractivity contribution is 0.218. The highest BCUT2D eigenvalue weighted by Gasteiger charge is 2.09. The largest absolute Gasteiger partial charge is 0.476 e. The van der Waals surface area contributed by atoms with E-state index >= 15 is 0 Å². The van der Waals surface area contributed by atoms with Crippen molar-refractivity contribution in [2.75, 3.05) is 50.0 Å². The van der Waals surface area contributed by atoms with E-state index in [1.807, 2.05) is 32.9 Å². The van der Waals surface area contributed by atoms with Crippen LogP contribution in [0.4, 0.5) is 11.5 Å². The predicted octanol–water partition coefficient (Wildman–Crippen LogP) is 6.36. The second kappa shape index (κ2) is 21.3. The van der Waals surface area contributed by atoms with Crippen molar-refractivity contribution >= 4 is 17.7 Å². The number of pyridine rings is 1. The van der Waals surface area contributed by atoms with Crippen molar-refractivity contribution in [2.45, 2.75) is 61.3 Å². The number of nitrogens with zero attached hydrogens (tertiary/aromatic N) is 3. The molecule has 0 aliphatic rings. The van der Waals surface area contributed by atoms with Crippen molar-refractivity contribution < 1.29 is 4.74 Å². The van der Waals surface area contributed by atoms with Gasteiger partial charge in [0.15, 0.2) is 0 Å². The van der Waals surface area contributed by atoms with E-state index in [1.165, 1.54) is 6.21 Å². The number of anilines is 2. The van der Waals surface area contributed by atoms with E-state index in [9.17, 15) is 0 Å². The minimum absolute atomic E-state index is 0.521. The monoisotopic (exact) mass is 459 g/mol. The van der Waals surface area contributed by atoms with Crippen molar-refractivity contribution in [1.29, 1.82) is 5.41 Å². The van der Waals surface area contributed by atoms with Crippen LogP contribution in [0.3, 0.4) is 0 Å². The van der Waals surface area contributed by atoms with Gasteiger partial charge < -0.3 is 25.7 Å². The van der Waals surface area contributed by atoms with Gasteiger partial charge in [0.1, 0.15) is 12.4 Å². The summed E-state index contributed by atoms with van der Waals surface area (Å²) in [7, 11) is 0. The van der Waals surface area contributed by atoms with Gasteiger partial charge in [-0.1, -0.05) is 72.4 Å². The summed E-state index contributed by atoms with van der Waals surface area (Å²) in [5.74, 6) is 1.15. The summed E-state index contributed by atoms with van der Waals surface area (Å²) in [5, 5.41) is 6.85. The van der Waals surface area contributed by atoms with Crippen molar-refractivity contribution in [2.24, 2.45) is 0 Å². The van der Waals surface area contributed by atoms with Crippen LogP contribution in [0.2, 0.25) is 0 Å². The zero-order valence-corrected chi connectivity index (χ0v) is 22.3. The highest BCUT2D eigenvalue weighted by atomic mass is 16.5. The lowest BCUT2D eigenvalue weighted by atomic mass is 10.2. The normalized spacial score (nSPS) is 10.4. The van der Waals surface area contributed by atoms with Gasteiger partial charge in [-0.25, -0.2) is 0 Å². The zero-order valence-electron chi connectivity index (χ0n) is 22.3. The van der Waals surface area contributed by atoms with Crippen LogP contribution in [-0.4, -0.2) is 55.4 Å². The predicted molar refractivity (Wildman–Crippen MR) is 148 cm³/mol. The van der Waals surface area contributed by atoms with Crippen molar-refractivity contribution in [3.8, 4) is 5.88 Å². The van der Waals surface area contributed by atoms with E-state index in [-0.39, 0.29) is 0 Å². The Morgan fingerprint density at radius 3 is 2.06 bits per heavy atom. The molecule has 0 bridgehead atoms. The van der Waals surface area contributed by atoms with Gasteiger partial charge in [-0.2, -0.15) is 4.98 Å². The first-order chi connectivity index (χ1) is 15.8. The van der Waals surface area contributed by atoms with E-state index in [0.717, 1.165) is 62.4 Å². The number of hydrogen-bond donors (Lipinski definition) is 2. The molecular weight excluding hydrogens is 410 g/mol. The minimum Gasteiger partial charge on any atom is -0.476 e. The molecule has 3 N–H and O–H groups in total. The van der Waals surface area contributed by atoms with Gasteiger partial charge in [-0.05, 0) is 38.4 Å². The third-order valence-electron chi connectivity index (χ3n) is 4.53. The molecule has 0 saturated carbocycles. The summed E-state index contributed by atoms with van der Waals surface area (Å²) in [6.45, 7) is 27.4. The molecule has 0 aliphatic heterocycles. The Bertz CT molecular complexity index is 680. The molecule has 0 spiro atoms. The fraction of sp³-hybridized carbons (Fsp3) is 0.556. The molecule has 1 heterocycles. The summed E-state index contributed by atoms with van der Waals surface area (Å²) in [6, 6.07) is 3.94. The fourth-order valence-electron chi connectivity index (χ4n) is 2.94. The Morgan fingerprint density at radius 1 is 1.09 bits per heavy atom. The standard InChI is InChI=1S/C17H32N4O.C8H11N.C2H6/c1-5-9-21(10-6-2)15-13-16(18)19-17(14-15)22-12-11-20(7-3)8-4;1-4-8(6-9)5-7(2)3;1-2/h13-14H,5-12H2,1-4H3,(H2,18,19);4-6,9H,1-2H2,3H3;1-2H3/b;8-5+,9-6?;.